The van der Waals surface area contributed by atoms with Gasteiger partial charge in [0.1, 0.15) is 10.6 Å². The summed E-state index contributed by atoms with van der Waals surface area (Å²) >= 11 is 0. The van der Waals surface area contributed by atoms with Crippen molar-refractivity contribution < 1.29 is 22.7 Å². The molecule has 21 heavy (non-hydrogen) atoms. The van der Waals surface area contributed by atoms with Crippen LogP contribution in [0, 0.1) is 0 Å². The van der Waals surface area contributed by atoms with Crippen molar-refractivity contribution in [3.8, 4) is 5.75 Å². The highest BCUT2D eigenvalue weighted by molar-refractivity contribution is 7.89. The van der Waals surface area contributed by atoms with E-state index in [-0.39, 0.29) is 35.2 Å². The van der Waals surface area contributed by atoms with E-state index in [1.807, 2.05) is 0 Å². The van der Waals surface area contributed by atoms with Crippen molar-refractivity contribution in [2.24, 2.45) is 5.73 Å². The van der Waals surface area contributed by atoms with Crippen molar-refractivity contribution in [3.05, 3.63) is 23.8 Å². The van der Waals surface area contributed by atoms with Crippen LogP contribution in [0.1, 0.15) is 17.3 Å². The van der Waals surface area contributed by atoms with E-state index < -0.39 is 22.0 Å². The molecule has 1 aromatic carbocycles. The molecule has 1 rings (SSSR count). The highest BCUT2D eigenvalue weighted by Crippen LogP contribution is 2.25. The molecule has 120 valence electrons. The molecule has 1 atom stereocenters. The Labute approximate surface area is 130 Å². The second-order valence-corrected chi connectivity index (χ2v) is 5.80. The lowest BCUT2D eigenvalue weighted by molar-refractivity contribution is 0.0600. The van der Waals surface area contributed by atoms with Gasteiger partial charge in [0, 0.05) is 12.6 Å². The lowest BCUT2D eigenvalue weighted by Crippen LogP contribution is -2.37. The molecule has 0 bridgehead atoms. The summed E-state index contributed by atoms with van der Waals surface area (Å²) in [4.78, 5) is 11.3. The zero-order chi connectivity index (χ0) is 15.3. The van der Waals surface area contributed by atoms with E-state index in [1.54, 1.807) is 6.92 Å². The predicted octanol–water partition coefficient (Wildman–Crippen LogP) is 0.529. The molecule has 0 radical (unpaired) electrons. The Balaban J connectivity index is 0.00000400. The minimum absolute atomic E-state index is 0. The minimum atomic E-state index is -3.77. The van der Waals surface area contributed by atoms with Crippen molar-refractivity contribution >= 4 is 28.4 Å². The molecule has 7 nitrogen and oxygen atoms in total. The van der Waals surface area contributed by atoms with Crippen LogP contribution in [0.15, 0.2) is 23.1 Å². The van der Waals surface area contributed by atoms with E-state index in [4.69, 9.17) is 10.5 Å². The molecule has 0 amide bonds. The molecule has 0 aliphatic rings. The lowest BCUT2D eigenvalue weighted by Gasteiger charge is -2.14. The van der Waals surface area contributed by atoms with E-state index >= 15 is 0 Å². The molecule has 0 fully saturated rings. The number of hydrogen-bond donors (Lipinski definition) is 2. The topological polar surface area (TPSA) is 108 Å². The molecule has 0 saturated heterocycles. The van der Waals surface area contributed by atoms with Gasteiger partial charge in [-0.3, -0.25) is 0 Å². The zero-order valence-electron chi connectivity index (χ0n) is 12.0. The Morgan fingerprint density at radius 1 is 1.38 bits per heavy atom. The molecular formula is C12H19ClN2O5S. The van der Waals surface area contributed by atoms with Gasteiger partial charge in [-0.15, -0.1) is 12.4 Å². The van der Waals surface area contributed by atoms with E-state index in [0.29, 0.717) is 0 Å². The van der Waals surface area contributed by atoms with Gasteiger partial charge < -0.3 is 15.2 Å². The van der Waals surface area contributed by atoms with Crippen LogP contribution in [0.25, 0.3) is 0 Å². The molecule has 0 aliphatic heterocycles. The number of rotatable bonds is 6. The maximum absolute atomic E-state index is 12.2. The van der Waals surface area contributed by atoms with Crippen LogP contribution in [0.2, 0.25) is 0 Å². The Morgan fingerprint density at radius 2 is 2.00 bits per heavy atom. The van der Waals surface area contributed by atoms with Crippen molar-refractivity contribution in [2.45, 2.75) is 17.9 Å². The number of hydrogen-bond acceptors (Lipinski definition) is 6. The van der Waals surface area contributed by atoms with Crippen molar-refractivity contribution in [1.82, 2.24) is 4.72 Å². The van der Waals surface area contributed by atoms with E-state index in [2.05, 4.69) is 9.46 Å². The number of sulfonamides is 1. The quantitative estimate of drug-likeness (QED) is 0.732. The first-order chi connectivity index (χ1) is 9.35. The molecule has 0 spiro atoms. The second-order valence-electron chi connectivity index (χ2n) is 4.12. The van der Waals surface area contributed by atoms with Gasteiger partial charge in [0.05, 0.1) is 19.8 Å². The number of methoxy groups -OCH3 is 2. The third-order valence-electron chi connectivity index (χ3n) is 2.58. The molecule has 0 heterocycles. The van der Waals surface area contributed by atoms with Crippen molar-refractivity contribution in [2.75, 3.05) is 20.8 Å². The zero-order valence-corrected chi connectivity index (χ0v) is 13.6. The number of halogens is 1. The monoisotopic (exact) mass is 338 g/mol. The molecule has 1 aromatic rings. The number of ether oxygens (including phenoxy) is 2. The summed E-state index contributed by atoms with van der Waals surface area (Å²) in [5.41, 5.74) is 5.59. The number of carbonyl (C=O) groups is 1. The van der Waals surface area contributed by atoms with Gasteiger partial charge in [-0.05, 0) is 25.1 Å². The van der Waals surface area contributed by atoms with Crippen LogP contribution in [-0.4, -0.2) is 41.2 Å². The summed E-state index contributed by atoms with van der Waals surface area (Å²) in [6.07, 6.45) is 0. The number of carbonyl (C=O) groups excluding carboxylic acids is 1. The van der Waals surface area contributed by atoms with Crippen molar-refractivity contribution in [3.63, 3.8) is 0 Å². The smallest absolute Gasteiger partial charge is 0.337 e. The largest absolute Gasteiger partial charge is 0.495 e. The van der Waals surface area contributed by atoms with Gasteiger partial charge in [-0.2, -0.15) is 0 Å². The number of nitrogens with one attached hydrogen (secondary N) is 1. The summed E-state index contributed by atoms with van der Waals surface area (Å²) < 4.78 is 36.3. The third kappa shape index (κ3) is 4.85. The maximum Gasteiger partial charge on any atom is 0.337 e. The summed E-state index contributed by atoms with van der Waals surface area (Å²) in [6, 6.07) is 3.55. The van der Waals surface area contributed by atoms with E-state index in [1.165, 1.54) is 32.4 Å². The first-order valence-corrected chi connectivity index (χ1v) is 7.32. The van der Waals surface area contributed by atoms with Crippen LogP contribution in [0.4, 0.5) is 0 Å². The van der Waals surface area contributed by atoms with Gasteiger partial charge in [-0.25, -0.2) is 17.9 Å². The highest BCUT2D eigenvalue weighted by atomic mass is 35.5. The predicted molar refractivity (Wildman–Crippen MR) is 80.4 cm³/mol. The Kier molecular flexibility index (Phi) is 7.65. The summed E-state index contributed by atoms with van der Waals surface area (Å²) in [7, 11) is -1.21. The average Bonchev–Trinajstić information content (AvgIpc) is 2.44. The average molecular weight is 339 g/mol. The third-order valence-corrected chi connectivity index (χ3v) is 4.21. The fourth-order valence-electron chi connectivity index (χ4n) is 1.51. The van der Waals surface area contributed by atoms with Gasteiger partial charge in [0.2, 0.25) is 10.0 Å². The van der Waals surface area contributed by atoms with E-state index in [9.17, 15) is 13.2 Å². The van der Waals surface area contributed by atoms with Crippen LogP contribution in [-0.2, 0) is 14.8 Å². The molecule has 0 unspecified atom stereocenters. The fourth-order valence-corrected chi connectivity index (χ4v) is 2.92. The first-order valence-electron chi connectivity index (χ1n) is 5.84. The van der Waals surface area contributed by atoms with Gasteiger partial charge in [0.25, 0.3) is 0 Å². The number of benzene rings is 1. The molecule has 9 heteroatoms. The Morgan fingerprint density at radius 3 is 2.48 bits per heavy atom. The van der Waals surface area contributed by atoms with Crippen LogP contribution in [0.3, 0.4) is 0 Å². The van der Waals surface area contributed by atoms with E-state index in [0.717, 1.165) is 0 Å². The summed E-state index contributed by atoms with van der Waals surface area (Å²) in [5, 5.41) is 0. The molecular weight excluding hydrogens is 320 g/mol. The Bertz CT molecular complexity index is 591. The number of esters is 1. The SMILES string of the molecule is COC(=O)c1ccc(S(=O)(=O)N[C@@H](C)CN)c(OC)c1.Cl. The molecule has 0 saturated carbocycles. The van der Waals surface area contributed by atoms with Crippen LogP contribution < -0.4 is 15.2 Å². The van der Waals surface area contributed by atoms with Crippen LogP contribution >= 0.6 is 12.4 Å². The first kappa shape index (κ1) is 19.7. The normalized spacial score (nSPS) is 12.2. The molecule has 3 N–H and O–H groups in total. The second kappa shape index (κ2) is 8.18. The van der Waals surface area contributed by atoms with Crippen molar-refractivity contribution in [1.29, 1.82) is 0 Å². The van der Waals surface area contributed by atoms with Gasteiger partial charge >= 0.3 is 5.97 Å². The maximum atomic E-state index is 12.2. The lowest BCUT2D eigenvalue weighted by atomic mass is 10.2. The number of nitrogens with two attached hydrogens (primary N) is 1. The molecule has 0 aromatic heterocycles. The summed E-state index contributed by atoms with van der Waals surface area (Å²) in [5.74, 6) is -0.514. The Hall–Kier alpha value is -1.35. The summed E-state index contributed by atoms with van der Waals surface area (Å²) in [6.45, 7) is 1.81. The molecule has 0 aliphatic carbocycles. The minimum Gasteiger partial charge on any atom is -0.495 e. The van der Waals surface area contributed by atoms with Crippen LogP contribution in [0.5, 0.6) is 5.75 Å². The van der Waals surface area contributed by atoms with Gasteiger partial charge in [0.15, 0.2) is 0 Å². The highest BCUT2D eigenvalue weighted by Gasteiger charge is 2.22. The fraction of sp³-hybridized carbons (Fsp3) is 0.417. The van der Waals surface area contributed by atoms with Gasteiger partial charge in [-0.1, -0.05) is 0 Å². The standard InChI is InChI=1S/C12H18N2O5S.ClH/c1-8(7-13)14-20(16,17)11-5-4-9(12(15)19-3)6-10(11)18-2;/h4-6,8,14H,7,13H2,1-3H3;1H/t8-;/m0./s1.